The van der Waals surface area contributed by atoms with Crippen molar-refractivity contribution in [2.24, 2.45) is 0 Å². The van der Waals surface area contributed by atoms with Crippen molar-refractivity contribution in [3.63, 3.8) is 0 Å². The number of nitro benzene ring substituents is 1. The number of nitrogens with zero attached hydrogens (tertiary/aromatic N) is 3. The van der Waals surface area contributed by atoms with E-state index in [1.54, 1.807) is 25.1 Å². The highest BCUT2D eigenvalue weighted by atomic mass is 35.5. The van der Waals surface area contributed by atoms with E-state index in [-0.39, 0.29) is 17.2 Å². The highest BCUT2D eigenvalue weighted by molar-refractivity contribution is 6.45. The maximum absolute atomic E-state index is 13.4. The summed E-state index contributed by atoms with van der Waals surface area (Å²) in [6, 6.07) is 10.7. The molecule has 2 heterocycles. The average Bonchev–Trinajstić information content (AvgIpc) is 3.29. The van der Waals surface area contributed by atoms with E-state index in [4.69, 9.17) is 11.6 Å². The second-order valence-corrected chi connectivity index (χ2v) is 7.53. The van der Waals surface area contributed by atoms with Gasteiger partial charge in [0.25, 0.3) is 17.5 Å². The first-order valence-electron chi connectivity index (χ1n) is 9.27. The third-order valence-corrected chi connectivity index (χ3v) is 5.48. The Balaban J connectivity index is 1.83. The molecule has 2 aliphatic heterocycles. The number of amides is 2. The summed E-state index contributed by atoms with van der Waals surface area (Å²) in [5, 5.41) is 11.5. The molecule has 8 heteroatoms. The summed E-state index contributed by atoms with van der Waals surface area (Å²) in [5.74, 6) is -0.813. The van der Waals surface area contributed by atoms with Gasteiger partial charge in [-0.1, -0.05) is 11.6 Å². The number of halogens is 1. The van der Waals surface area contributed by atoms with Gasteiger partial charge in [0.2, 0.25) is 0 Å². The van der Waals surface area contributed by atoms with Crippen LogP contribution >= 0.6 is 11.6 Å². The summed E-state index contributed by atoms with van der Waals surface area (Å²) >= 11 is 6.03. The Labute approximate surface area is 172 Å². The maximum atomic E-state index is 13.4. The quantitative estimate of drug-likeness (QED) is 0.432. The van der Waals surface area contributed by atoms with Crippen LogP contribution in [0.4, 0.5) is 11.4 Å². The third kappa shape index (κ3) is 3.27. The van der Waals surface area contributed by atoms with E-state index in [1.807, 2.05) is 4.90 Å². The molecular weight excluding hydrogens is 394 g/mol. The fourth-order valence-electron chi connectivity index (χ4n) is 3.85. The van der Waals surface area contributed by atoms with Crippen molar-refractivity contribution in [1.29, 1.82) is 0 Å². The van der Waals surface area contributed by atoms with Crippen LogP contribution in [0.3, 0.4) is 0 Å². The van der Waals surface area contributed by atoms with Crippen LogP contribution in [0.5, 0.6) is 0 Å². The summed E-state index contributed by atoms with van der Waals surface area (Å²) in [7, 11) is 0. The topological polar surface area (TPSA) is 83.8 Å². The number of likely N-dealkylation sites (tertiary alicyclic amines) is 1. The predicted molar refractivity (Wildman–Crippen MR) is 110 cm³/mol. The average molecular weight is 412 g/mol. The predicted octanol–water partition coefficient (Wildman–Crippen LogP) is 3.94. The molecule has 4 rings (SSSR count). The van der Waals surface area contributed by atoms with Gasteiger partial charge in [0.05, 0.1) is 16.2 Å². The first kappa shape index (κ1) is 19.1. The lowest BCUT2D eigenvalue weighted by molar-refractivity contribution is -0.384. The number of carbonyl (C=O) groups is 2. The minimum atomic E-state index is -0.495. The molecule has 0 N–H and O–H groups in total. The van der Waals surface area contributed by atoms with Gasteiger partial charge < -0.3 is 4.90 Å². The van der Waals surface area contributed by atoms with Crippen LogP contribution in [0, 0.1) is 17.0 Å². The van der Waals surface area contributed by atoms with Crippen LogP contribution in [0.25, 0.3) is 5.57 Å². The lowest BCUT2D eigenvalue weighted by Crippen LogP contribution is -2.35. The number of nitro groups is 1. The number of hydrogen-bond donors (Lipinski definition) is 0. The van der Waals surface area contributed by atoms with Gasteiger partial charge in [-0.3, -0.25) is 19.7 Å². The minimum Gasteiger partial charge on any atom is -0.366 e. The van der Waals surface area contributed by atoms with E-state index < -0.39 is 10.8 Å². The lowest BCUT2D eigenvalue weighted by Gasteiger charge is -2.21. The molecule has 0 bridgehead atoms. The van der Waals surface area contributed by atoms with Crippen molar-refractivity contribution < 1.29 is 14.5 Å². The minimum absolute atomic E-state index is 0.0701. The number of hydrogen-bond acceptors (Lipinski definition) is 5. The molecule has 0 aromatic heterocycles. The van der Waals surface area contributed by atoms with Gasteiger partial charge in [-0.05, 0) is 61.2 Å². The van der Waals surface area contributed by atoms with E-state index in [0.717, 1.165) is 12.8 Å². The van der Waals surface area contributed by atoms with Gasteiger partial charge in [-0.15, -0.1) is 0 Å². The number of imide groups is 1. The molecule has 0 aliphatic carbocycles. The first-order chi connectivity index (χ1) is 13.9. The molecule has 2 amide bonds. The van der Waals surface area contributed by atoms with Crippen LogP contribution in [0.2, 0.25) is 5.02 Å². The van der Waals surface area contributed by atoms with Gasteiger partial charge >= 0.3 is 0 Å². The Morgan fingerprint density at radius 3 is 2.24 bits per heavy atom. The van der Waals surface area contributed by atoms with Crippen LogP contribution in [0.15, 0.2) is 48.2 Å². The molecule has 2 aromatic carbocycles. The van der Waals surface area contributed by atoms with Gasteiger partial charge in [0.1, 0.15) is 5.70 Å². The molecule has 0 unspecified atom stereocenters. The lowest BCUT2D eigenvalue weighted by atomic mass is 10.0. The third-order valence-electron chi connectivity index (χ3n) is 5.25. The fraction of sp³-hybridized carbons (Fsp3) is 0.238. The highest BCUT2D eigenvalue weighted by Crippen LogP contribution is 2.38. The number of carbonyl (C=O) groups excluding carboxylic acids is 2. The fourth-order valence-corrected chi connectivity index (χ4v) is 4.08. The summed E-state index contributed by atoms with van der Waals surface area (Å²) in [6.07, 6.45) is 1.89. The van der Waals surface area contributed by atoms with Crippen molar-refractivity contribution in [3.05, 3.63) is 74.4 Å². The number of benzene rings is 2. The highest BCUT2D eigenvalue weighted by Gasteiger charge is 2.43. The normalized spacial score (nSPS) is 16.9. The van der Waals surface area contributed by atoms with E-state index in [1.165, 1.54) is 29.2 Å². The Hall–Kier alpha value is -3.19. The Bertz CT molecular complexity index is 1060. The van der Waals surface area contributed by atoms with Crippen LogP contribution in [0.1, 0.15) is 24.0 Å². The number of rotatable bonds is 4. The Morgan fingerprint density at radius 1 is 1.00 bits per heavy atom. The molecule has 0 spiro atoms. The zero-order valence-electron chi connectivity index (χ0n) is 15.7. The van der Waals surface area contributed by atoms with Crippen molar-refractivity contribution in [3.8, 4) is 0 Å². The molecule has 2 aromatic rings. The van der Waals surface area contributed by atoms with Gasteiger partial charge in [-0.25, -0.2) is 4.90 Å². The van der Waals surface area contributed by atoms with Crippen LogP contribution < -0.4 is 4.90 Å². The molecule has 2 aliphatic rings. The second kappa shape index (κ2) is 7.33. The van der Waals surface area contributed by atoms with E-state index in [2.05, 4.69) is 0 Å². The molecule has 7 nitrogen and oxygen atoms in total. The summed E-state index contributed by atoms with van der Waals surface area (Å²) in [5.41, 5.74) is 2.25. The zero-order valence-corrected chi connectivity index (χ0v) is 16.5. The second-order valence-electron chi connectivity index (χ2n) is 7.10. The number of non-ortho nitro benzene ring substituents is 1. The summed E-state index contributed by atoms with van der Waals surface area (Å²) < 4.78 is 0. The van der Waals surface area contributed by atoms with E-state index in [9.17, 15) is 19.7 Å². The molecule has 0 saturated carbocycles. The molecule has 0 atom stereocenters. The van der Waals surface area contributed by atoms with Gasteiger partial charge in [-0.2, -0.15) is 0 Å². The summed E-state index contributed by atoms with van der Waals surface area (Å²) in [4.78, 5) is 40.3. The Kier molecular flexibility index (Phi) is 4.84. The molecule has 1 fully saturated rings. The standard InChI is InChI=1S/C21H18ClN3O4/c1-13-12-15(22)6-9-17(13)24-20(26)18(14-4-7-16(8-5-14)25(28)29)19(21(24)27)23-10-2-3-11-23/h4-9,12H,2-3,10-11H2,1H3. The molecule has 1 saturated heterocycles. The smallest absolute Gasteiger partial charge is 0.282 e. The van der Waals surface area contributed by atoms with Crippen molar-refractivity contribution in [1.82, 2.24) is 4.90 Å². The SMILES string of the molecule is Cc1cc(Cl)ccc1N1C(=O)C(c2ccc([N+](=O)[O-])cc2)=C(N2CCCC2)C1=O. The first-order valence-corrected chi connectivity index (χ1v) is 9.65. The zero-order chi connectivity index (χ0) is 20.7. The van der Waals surface area contributed by atoms with Crippen LogP contribution in [-0.4, -0.2) is 34.7 Å². The number of aryl methyl sites for hydroxylation is 1. The van der Waals surface area contributed by atoms with Gasteiger partial charge in [0.15, 0.2) is 0 Å². The van der Waals surface area contributed by atoms with Crippen molar-refractivity contribution in [2.75, 3.05) is 18.0 Å². The van der Waals surface area contributed by atoms with Crippen molar-refractivity contribution >= 4 is 40.4 Å². The molecule has 148 valence electrons. The van der Waals surface area contributed by atoms with E-state index >= 15 is 0 Å². The summed E-state index contributed by atoms with van der Waals surface area (Å²) in [6.45, 7) is 3.18. The molecule has 29 heavy (non-hydrogen) atoms. The monoisotopic (exact) mass is 411 g/mol. The number of anilines is 1. The molecule has 0 radical (unpaired) electrons. The largest absolute Gasteiger partial charge is 0.366 e. The maximum Gasteiger partial charge on any atom is 0.282 e. The molecular formula is C21H18ClN3O4. The van der Waals surface area contributed by atoms with E-state index in [0.29, 0.717) is 40.6 Å². The van der Waals surface area contributed by atoms with Crippen molar-refractivity contribution in [2.45, 2.75) is 19.8 Å². The van der Waals surface area contributed by atoms with Crippen LogP contribution in [-0.2, 0) is 9.59 Å². The Morgan fingerprint density at radius 2 is 1.66 bits per heavy atom. The van der Waals surface area contributed by atoms with Gasteiger partial charge in [0, 0.05) is 30.2 Å².